The highest BCUT2D eigenvalue weighted by molar-refractivity contribution is 8.00. The molecule has 0 saturated carbocycles. The number of benzene rings is 1. The van der Waals surface area contributed by atoms with Crippen LogP contribution >= 0.6 is 23.1 Å². The number of carbonyl (C=O) groups excluding carboxylic acids is 1. The Kier molecular flexibility index (Phi) is 6.77. The van der Waals surface area contributed by atoms with E-state index < -0.39 is 5.25 Å². The molecule has 2 heterocycles. The van der Waals surface area contributed by atoms with E-state index in [2.05, 4.69) is 18.0 Å². The highest BCUT2D eigenvalue weighted by Crippen LogP contribution is 2.34. The second-order valence-electron chi connectivity index (χ2n) is 7.75. The van der Waals surface area contributed by atoms with Crippen LogP contribution in [0.5, 0.6) is 0 Å². The first-order valence-corrected chi connectivity index (χ1v) is 12.4. The summed E-state index contributed by atoms with van der Waals surface area (Å²) in [6.45, 7) is 5.90. The molecule has 1 N–H and O–H groups in total. The molecule has 1 atom stereocenters. The van der Waals surface area contributed by atoms with E-state index in [1.54, 1.807) is 53.2 Å². The average molecular weight is 465 g/mol. The molecular formula is C24H24N4O2S2. The number of aromatic nitrogens is 2. The van der Waals surface area contributed by atoms with E-state index in [1.165, 1.54) is 23.1 Å². The van der Waals surface area contributed by atoms with Crippen molar-refractivity contribution in [3.05, 3.63) is 63.3 Å². The van der Waals surface area contributed by atoms with Gasteiger partial charge in [-0.2, -0.15) is 5.26 Å². The number of amides is 1. The lowest BCUT2D eigenvalue weighted by atomic mass is 10.1. The third-order valence-corrected chi connectivity index (χ3v) is 7.83. The van der Waals surface area contributed by atoms with E-state index >= 15 is 0 Å². The number of hydrogen-bond donors (Lipinski definition) is 1. The van der Waals surface area contributed by atoms with Crippen LogP contribution in [0.2, 0.25) is 0 Å². The number of thioether (sulfide) groups is 1. The molecule has 0 fully saturated rings. The van der Waals surface area contributed by atoms with Gasteiger partial charge in [-0.1, -0.05) is 36.4 Å². The quantitative estimate of drug-likeness (QED) is 0.243. The molecule has 0 spiro atoms. The maximum absolute atomic E-state index is 13.4. The van der Waals surface area contributed by atoms with Gasteiger partial charge in [-0.05, 0) is 50.3 Å². The summed E-state index contributed by atoms with van der Waals surface area (Å²) >= 11 is 2.86. The fraction of sp³-hybridized carbons (Fsp3) is 0.333. The molecule has 0 radical (unpaired) electrons. The van der Waals surface area contributed by atoms with E-state index in [-0.39, 0.29) is 11.5 Å². The molecule has 6 nitrogen and oxygen atoms in total. The Morgan fingerprint density at radius 1 is 1.38 bits per heavy atom. The molecule has 1 aromatic carbocycles. The number of rotatable bonds is 6. The Bertz CT molecular complexity index is 1290. The van der Waals surface area contributed by atoms with Crippen molar-refractivity contribution in [2.24, 2.45) is 0 Å². The third kappa shape index (κ3) is 4.36. The normalized spacial score (nSPS) is 14.2. The lowest BCUT2D eigenvalue weighted by molar-refractivity contribution is -0.115. The first-order valence-electron chi connectivity index (χ1n) is 10.7. The van der Waals surface area contributed by atoms with Gasteiger partial charge in [0.15, 0.2) is 5.16 Å². The number of nitriles is 1. The standard InChI is InChI=1S/C24H24N4O2S2/c1-3-13-28-23(30)20-17-10-5-4-6-12-19(17)32-22(20)27-24(28)31-15(2)21(29)26-18-11-8-7-9-16(18)14-25/h3,7-9,11,15H,1,4-6,10,12-13H2,2H3,(H,26,29). The van der Waals surface area contributed by atoms with Crippen molar-refractivity contribution in [3.63, 3.8) is 0 Å². The molecule has 0 aliphatic heterocycles. The minimum absolute atomic E-state index is 0.0563. The van der Waals surface area contributed by atoms with E-state index in [0.29, 0.717) is 23.0 Å². The van der Waals surface area contributed by atoms with Gasteiger partial charge in [0, 0.05) is 11.4 Å². The van der Waals surface area contributed by atoms with Crippen molar-refractivity contribution in [3.8, 4) is 6.07 Å². The number of allylic oxidation sites excluding steroid dienone is 1. The van der Waals surface area contributed by atoms with Crippen LogP contribution in [0.1, 0.15) is 42.2 Å². The molecule has 0 bridgehead atoms. The fourth-order valence-electron chi connectivity index (χ4n) is 3.91. The number of anilines is 1. The van der Waals surface area contributed by atoms with Gasteiger partial charge in [0.05, 0.1) is 21.9 Å². The SMILES string of the molecule is C=CCn1c(SC(C)C(=O)Nc2ccccc2C#N)nc2sc3c(c2c1=O)CCCCC3. The summed E-state index contributed by atoms with van der Waals surface area (Å²) in [4.78, 5) is 33.1. The minimum Gasteiger partial charge on any atom is -0.324 e. The molecule has 3 aromatic rings. The largest absolute Gasteiger partial charge is 0.324 e. The Morgan fingerprint density at radius 2 is 2.16 bits per heavy atom. The number of carbonyl (C=O) groups is 1. The van der Waals surface area contributed by atoms with E-state index in [9.17, 15) is 14.9 Å². The Balaban J connectivity index is 1.66. The molecule has 0 saturated heterocycles. The molecule has 1 unspecified atom stereocenters. The second-order valence-corrected chi connectivity index (χ2v) is 10.1. The van der Waals surface area contributed by atoms with E-state index in [4.69, 9.17) is 4.98 Å². The number of fused-ring (bicyclic) bond motifs is 3. The average Bonchev–Trinajstić information content (AvgIpc) is 2.97. The zero-order valence-corrected chi connectivity index (χ0v) is 19.5. The molecule has 2 aromatic heterocycles. The van der Waals surface area contributed by atoms with Crippen LogP contribution in [0.25, 0.3) is 10.2 Å². The summed E-state index contributed by atoms with van der Waals surface area (Å²) in [6, 6.07) is 8.96. The number of thiophene rings is 1. The zero-order valence-electron chi connectivity index (χ0n) is 17.9. The molecular weight excluding hydrogens is 440 g/mol. The molecule has 1 aliphatic rings. The Hall–Kier alpha value is -2.89. The van der Waals surface area contributed by atoms with E-state index in [0.717, 1.165) is 41.5 Å². The highest BCUT2D eigenvalue weighted by atomic mass is 32.2. The van der Waals surface area contributed by atoms with E-state index in [1.807, 2.05) is 0 Å². The van der Waals surface area contributed by atoms with Gasteiger partial charge in [-0.15, -0.1) is 17.9 Å². The molecule has 8 heteroatoms. The van der Waals surface area contributed by atoms with Crippen molar-refractivity contribution in [1.29, 1.82) is 5.26 Å². The predicted molar refractivity (Wildman–Crippen MR) is 130 cm³/mol. The summed E-state index contributed by atoms with van der Waals surface area (Å²) in [5, 5.41) is 12.8. The van der Waals surface area contributed by atoms with Crippen LogP contribution in [0.3, 0.4) is 0 Å². The molecule has 164 valence electrons. The number of nitrogens with zero attached hydrogens (tertiary/aromatic N) is 3. The summed E-state index contributed by atoms with van der Waals surface area (Å²) < 4.78 is 1.62. The van der Waals surface area contributed by atoms with Gasteiger partial charge in [-0.25, -0.2) is 4.98 Å². The fourth-order valence-corrected chi connectivity index (χ4v) is 6.13. The van der Waals surface area contributed by atoms with Crippen molar-refractivity contribution in [2.45, 2.75) is 56.0 Å². The number of hydrogen-bond acceptors (Lipinski definition) is 6. The maximum atomic E-state index is 13.4. The van der Waals surface area contributed by atoms with Crippen molar-refractivity contribution >= 4 is 44.9 Å². The Morgan fingerprint density at radius 3 is 2.94 bits per heavy atom. The number of aryl methyl sites for hydroxylation is 2. The van der Waals surface area contributed by atoms with Gasteiger partial charge < -0.3 is 5.32 Å². The number of nitrogens with one attached hydrogen (secondary N) is 1. The van der Waals surface area contributed by atoms with Crippen LogP contribution < -0.4 is 10.9 Å². The van der Waals surface area contributed by atoms with Gasteiger partial charge >= 0.3 is 0 Å². The monoisotopic (exact) mass is 464 g/mol. The topological polar surface area (TPSA) is 87.8 Å². The first kappa shape index (κ1) is 22.3. The van der Waals surface area contributed by atoms with Gasteiger partial charge in [0.1, 0.15) is 10.9 Å². The molecule has 4 rings (SSSR count). The van der Waals surface area contributed by atoms with Crippen molar-refractivity contribution < 1.29 is 4.79 Å². The third-order valence-electron chi connectivity index (χ3n) is 5.56. The predicted octanol–water partition coefficient (Wildman–Crippen LogP) is 4.90. The van der Waals surface area contributed by atoms with Crippen LogP contribution in [0.4, 0.5) is 5.69 Å². The molecule has 1 aliphatic carbocycles. The van der Waals surface area contributed by atoms with Gasteiger partial charge in [0.25, 0.3) is 5.56 Å². The second kappa shape index (κ2) is 9.72. The summed E-state index contributed by atoms with van der Waals surface area (Å²) in [5.74, 6) is -0.251. The van der Waals surface area contributed by atoms with Crippen LogP contribution in [-0.4, -0.2) is 20.7 Å². The smallest absolute Gasteiger partial charge is 0.263 e. The first-order chi connectivity index (χ1) is 15.5. The lowest BCUT2D eigenvalue weighted by Crippen LogP contribution is -2.27. The van der Waals surface area contributed by atoms with Crippen LogP contribution in [-0.2, 0) is 24.2 Å². The summed E-state index contributed by atoms with van der Waals surface area (Å²) in [5.41, 5.74) is 1.98. The Labute approximate surface area is 195 Å². The lowest BCUT2D eigenvalue weighted by Gasteiger charge is -2.15. The molecule has 32 heavy (non-hydrogen) atoms. The zero-order chi connectivity index (χ0) is 22.7. The van der Waals surface area contributed by atoms with Crippen LogP contribution in [0.15, 0.2) is 46.9 Å². The van der Waals surface area contributed by atoms with Gasteiger partial charge in [0.2, 0.25) is 5.91 Å². The van der Waals surface area contributed by atoms with Crippen molar-refractivity contribution in [1.82, 2.24) is 9.55 Å². The number of para-hydroxylation sites is 1. The summed E-state index contributed by atoms with van der Waals surface area (Å²) in [7, 11) is 0. The van der Waals surface area contributed by atoms with Crippen LogP contribution in [0, 0.1) is 11.3 Å². The molecule has 1 amide bonds. The highest BCUT2D eigenvalue weighted by Gasteiger charge is 2.24. The van der Waals surface area contributed by atoms with Crippen molar-refractivity contribution in [2.75, 3.05) is 5.32 Å². The summed E-state index contributed by atoms with van der Waals surface area (Å²) in [6.07, 6.45) is 7.02. The maximum Gasteiger partial charge on any atom is 0.263 e. The van der Waals surface area contributed by atoms with Gasteiger partial charge in [-0.3, -0.25) is 14.2 Å². The minimum atomic E-state index is -0.514.